The lowest BCUT2D eigenvalue weighted by Gasteiger charge is -2.21. The van der Waals surface area contributed by atoms with Crippen LogP contribution in [-0.2, 0) is 14.3 Å². The zero-order valence-electron chi connectivity index (χ0n) is 8.11. The summed E-state index contributed by atoms with van der Waals surface area (Å²) in [6.45, 7) is 0.344. The van der Waals surface area contributed by atoms with Crippen molar-refractivity contribution in [3.8, 4) is 0 Å². The van der Waals surface area contributed by atoms with Crippen LogP contribution in [0.3, 0.4) is 0 Å². The molecule has 0 saturated heterocycles. The molecule has 0 aromatic heterocycles. The third kappa shape index (κ3) is 4.34. The van der Waals surface area contributed by atoms with E-state index in [-0.39, 0.29) is 6.29 Å². The highest BCUT2D eigenvalue weighted by Gasteiger charge is 2.29. The van der Waals surface area contributed by atoms with Crippen LogP contribution in [0.4, 0.5) is 0 Å². The minimum Gasteiger partial charge on any atom is -0.450 e. The van der Waals surface area contributed by atoms with Crippen LogP contribution in [-0.4, -0.2) is 63.7 Å². The quantitative estimate of drug-likeness (QED) is 0.282. The number of hydrogen-bond acceptors (Lipinski definition) is 7. The van der Waals surface area contributed by atoms with Crippen LogP contribution in [0, 0.1) is 0 Å². The summed E-state index contributed by atoms with van der Waals surface area (Å²) in [7, 11) is 0. The second-order valence-corrected chi connectivity index (χ2v) is 2.95. The monoisotopic (exact) mass is 222 g/mol. The fourth-order valence-electron chi connectivity index (χ4n) is 0.738. The Morgan fingerprint density at radius 2 is 1.93 bits per heavy atom. The van der Waals surface area contributed by atoms with E-state index in [0.29, 0.717) is 0 Å². The molecule has 7 nitrogen and oxygen atoms in total. The molecule has 0 aliphatic heterocycles. The van der Waals surface area contributed by atoms with Gasteiger partial charge >= 0.3 is 5.97 Å². The van der Waals surface area contributed by atoms with Crippen LogP contribution in [0.15, 0.2) is 0 Å². The Labute approximate surface area is 85.9 Å². The normalized spacial score (nSPS) is 18.7. The van der Waals surface area contributed by atoms with E-state index in [0.717, 1.165) is 6.92 Å². The molecule has 15 heavy (non-hydrogen) atoms. The van der Waals surface area contributed by atoms with E-state index in [1.54, 1.807) is 0 Å². The molecule has 0 radical (unpaired) electrons. The first kappa shape index (κ1) is 14.0. The van der Waals surface area contributed by atoms with Crippen molar-refractivity contribution >= 4 is 12.3 Å². The van der Waals surface area contributed by atoms with Gasteiger partial charge in [0.05, 0.1) is 6.61 Å². The van der Waals surface area contributed by atoms with Gasteiger partial charge in [-0.1, -0.05) is 0 Å². The van der Waals surface area contributed by atoms with Crippen LogP contribution in [0.1, 0.15) is 6.92 Å². The first-order valence-electron chi connectivity index (χ1n) is 4.24. The minimum absolute atomic E-state index is 0.101. The average molecular weight is 222 g/mol. The molecule has 1 unspecified atom stereocenters. The summed E-state index contributed by atoms with van der Waals surface area (Å²) in [5.41, 5.74) is 0. The van der Waals surface area contributed by atoms with Gasteiger partial charge in [0.1, 0.15) is 18.3 Å². The molecule has 0 aromatic carbocycles. The van der Waals surface area contributed by atoms with Crippen LogP contribution < -0.4 is 0 Å². The van der Waals surface area contributed by atoms with E-state index < -0.39 is 37.0 Å². The summed E-state index contributed by atoms with van der Waals surface area (Å²) in [6, 6.07) is 0. The molecule has 4 atom stereocenters. The van der Waals surface area contributed by atoms with Gasteiger partial charge in [0.2, 0.25) is 0 Å². The molecule has 7 heteroatoms. The van der Waals surface area contributed by atoms with Gasteiger partial charge in [-0.15, -0.1) is 0 Å². The summed E-state index contributed by atoms with van der Waals surface area (Å²) in [5.74, 6) is -1.10. The molecule has 0 rings (SSSR count). The summed E-state index contributed by atoms with van der Waals surface area (Å²) in [4.78, 5) is 21.3. The highest BCUT2D eigenvalue weighted by molar-refractivity contribution is 5.76. The number of esters is 1. The van der Waals surface area contributed by atoms with E-state index in [1.165, 1.54) is 0 Å². The zero-order valence-corrected chi connectivity index (χ0v) is 8.11. The Bertz CT molecular complexity index is 215. The van der Waals surface area contributed by atoms with Crippen molar-refractivity contribution in [3.63, 3.8) is 0 Å². The van der Waals surface area contributed by atoms with Gasteiger partial charge in [0.15, 0.2) is 12.4 Å². The predicted octanol–water partition coefficient (Wildman–Crippen LogP) is -2.81. The summed E-state index contributed by atoms with van der Waals surface area (Å²) in [5, 5.41) is 35.4. The van der Waals surface area contributed by atoms with Crippen molar-refractivity contribution in [2.45, 2.75) is 31.3 Å². The average Bonchev–Trinajstić information content (AvgIpc) is 2.23. The van der Waals surface area contributed by atoms with Crippen molar-refractivity contribution in [2.75, 3.05) is 6.61 Å². The SMILES string of the molecule is CC(O)C(=O)O[C@@H](C=O)[C@@H](O)[C@H](O)CO. The third-order valence-electron chi connectivity index (χ3n) is 1.65. The Morgan fingerprint density at radius 1 is 1.40 bits per heavy atom. The fraction of sp³-hybridized carbons (Fsp3) is 0.750. The molecule has 0 spiro atoms. The predicted molar refractivity (Wildman–Crippen MR) is 46.7 cm³/mol. The minimum atomic E-state index is -1.73. The molecule has 0 aliphatic carbocycles. The standard InChI is InChI=1S/C8H14O7/c1-4(11)8(14)15-6(3-10)7(13)5(12)2-9/h3-7,9,11-13H,2H2,1H3/t4?,5-,6+,7+/m1/s1. The molecule has 0 saturated carbocycles. The molecular weight excluding hydrogens is 208 g/mol. The smallest absolute Gasteiger partial charge is 0.335 e. The highest BCUT2D eigenvalue weighted by atomic mass is 16.6. The van der Waals surface area contributed by atoms with Crippen molar-refractivity contribution in [1.29, 1.82) is 0 Å². The number of carbonyl (C=O) groups excluding carboxylic acids is 2. The second-order valence-electron chi connectivity index (χ2n) is 2.95. The van der Waals surface area contributed by atoms with Crippen molar-refractivity contribution in [3.05, 3.63) is 0 Å². The van der Waals surface area contributed by atoms with E-state index in [1.807, 2.05) is 0 Å². The highest BCUT2D eigenvalue weighted by Crippen LogP contribution is 2.04. The number of aldehydes is 1. The van der Waals surface area contributed by atoms with Crippen molar-refractivity contribution in [2.24, 2.45) is 0 Å². The maximum absolute atomic E-state index is 10.8. The Morgan fingerprint density at radius 3 is 2.27 bits per heavy atom. The van der Waals surface area contributed by atoms with Crippen molar-refractivity contribution in [1.82, 2.24) is 0 Å². The van der Waals surface area contributed by atoms with Gasteiger partial charge in [-0.3, -0.25) is 4.79 Å². The Hall–Kier alpha value is -1.02. The lowest BCUT2D eigenvalue weighted by atomic mass is 10.1. The number of carbonyl (C=O) groups is 2. The number of hydrogen-bond donors (Lipinski definition) is 4. The third-order valence-corrected chi connectivity index (χ3v) is 1.65. The number of ether oxygens (including phenoxy) is 1. The maximum Gasteiger partial charge on any atom is 0.335 e. The number of aliphatic hydroxyl groups is 4. The second kappa shape index (κ2) is 6.46. The lowest BCUT2D eigenvalue weighted by molar-refractivity contribution is -0.170. The zero-order chi connectivity index (χ0) is 12.0. The molecule has 0 aliphatic rings. The van der Waals surface area contributed by atoms with Gasteiger partial charge in [0.25, 0.3) is 0 Å². The molecule has 0 heterocycles. The summed E-state index contributed by atoms with van der Waals surface area (Å²) < 4.78 is 4.37. The fourth-order valence-corrected chi connectivity index (χ4v) is 0.738. The van der Waals surface area contributed by atoms with Gasteiger partial charge in [-0.05, 0) is 6.92 Å². The van der Waals surface area contributed by atoms with Crippen LogP contribution in [0.5, 0.6) is 0 Å². The Kier molecular flexibility index (Phi) is 6.02. The molecule has 0 bridgehead atoms. The van der Waals surface area contributed by atoms with Crippen LogP contribution >= 0.6 is 0 Å². The van der Waals surface area contributed by atoms with Gasteiger partial charge in [0, 0.05) is 0 Å². The summed E-state index contributed by atoms with van der Waals surface area (Å²) in [6.07, 6.45) is -6.28. The summed E-state index contributed by atoms with van der Waals surface area (Å²) >= 11 is 0. The largest absolute Gasteiger partial charge is 0.450 e. The molecule has 0 fully saturated rings. The van der Waals surface area contributed by atoms with Crippen molar-refractivity contribution < 1.29 is 34.8 Å². The van der Waals surface area contributed by atoms with Crippen LogP contribution in [0.25, 0.3) is 0 Å². The van der Waals surface area contributed by atoms with Crippen LogP contribution in [0.2, 0.25) is 0 Å². The van der Waals surface area contributed by atoms with E-state index in [4.69, 9.17) is 15.3 Å². The van der Waals surface area contributed by atoms with E-state index >= 15 is 0 Å². The maximum atomic E-state index is 10.8. The topological polar surface area (TPSA) is 124 Å². The van der Waals surface area contributed by atoms with Gasteiger partial charge in [-0.2, -0.15) is 0 Å². The molecular formula is C8H14O7. The van der Waals surface area contributed by atoms with Gasteiger partial charge < -0.3 is 25.2 Å². The Balaban J connectivity index is 4.36. The molecule has 0 aromatic rings. The van der Waals surface area contributed by atoms with Gasteiger partial charge in [-0.25, -0.2) is 4.79 Å². The molecule has 4 N–H and O–H groups in total. The lowest BCUT2D eigenvalue weighted by Crippen LogP contribution is -2.44. The first-order chi connectivity index (χ1) is 6.93. The van der Waals surface area contributed by atoms with E-state index in [2.05, 4.69) is 4.74 Å². The van der Waals surface area contributed by atoms with E-state index in [9.17, 15) is 14.7 Å². The molecule has 0 amide bonds. The first-order valence-corrected chi connectivity index (χ1v) is 4.24. The molecule has 88 valence electrons. The number of rotatable bonds is 6. The number of aliphatic hydroxyl groups excluding tert-OH is 4.